The van der Waals surface area contributed by atoms with Crippen LogP contribution >= 0.6 is 11.8 Å². The summed E-state index contributed by atoms with van der Waals surface area (Å²) in [5, 5.41) is 12.0. The topological polar surface area (TPSA) is 59.8 Å². The van der Waals surface area contributed by atoms with Crippen LogP contribution in [0.2, 0.25) is 0 Å². The summed E-state index contributed by atoms with van der Waals surface area (Å²) in [7, 11) is 0. The van der Waals surface area contributed by atoms with Crippen LogP contribution in [-0.4, -0.2) is 26.4 Å². The number of carbonyl (C=O) groups excluding carboxylic acids is 1. The first-order valence-corrected chi connectivity index (χ1v) is 10.8. The Morgan fingerprint density at radius 3 is 2.45 bits per heavy atom. The Hall–Kier alpha value is -3.45. The fourth-order valence-corrected chi connectivity index (χ4v) is 3.81. The predicted octanol–water partition coefficient (Wildman–Crippen LogP) is 5.42. The number of halogens is 1. The number of amides is 1. The molecule has 4 rings (SSSR count). The van der Waals surface area contributed by atoms with Crippen LogP contribution in [-0.2, 0) is 4.79 Å². The van der Waals surface area contributed by atoms with Crippen molar-refractivity contribution in [3.05, 3.63) is 89.7 Å². The molecular formula is C24H21FN4OS. The molecule has 5 nitrogen and oxygen atoms in total. The number of rotatable bonds is 6. The minimum absolute atomic E-state index is 0.119. The average Bonchev–Trinajstić information content (AvgIpc) is 3.20. The molecule has 0 spiro atoms. The summed E-state index contributed by atoms with van der Waals surface area (Å²) < 4.78 is 15.7. The highest BCUT2D eigenvalue weighted by molar-refractivity contribution is 7.99. The Bertz CT molecular complexity index is 1210. The van der Waals surface area contributed by atoms with E-state index in [0.29, 0.717) is 22.2 Å². The third-order valence-corrected chi connectivity index (χ3v) is 5.67. The molecule has 0 fully saturated rings. The first-order valence-electron chi connectivity index (χ1n) is 9.78. The van der Waals surface area contributed by atoms with Crippen LogP contribution in [0.1, 0.15) is 11.1 Å². The number of aryl methyl sites for hydroxylation is 2. The van der Waals surface area contributed by atoms with E-state index in [1.54, 1.807) is 19.1 Å². The molecule has 0 aliphatic carbocycles. The lowest BCUT2D eigenvalue weighted by molar-refractivity contribution is -0.113. The number of hydrogen-bond donors (Lipinski definition) is 1. The number of nitrogens with one attached hydrogen (secondary N) is 1. The summed E-state index contributed by atoms with van der Waals surface area (Å²) in [4.78, 5) is 12.4. The first-order chi connectivity index (χ1) is 15.0. The van der Waals surface area contributed by atoms with Gasteiger partial charge in [0, 0.05) is 16.9 Å². The maximum Gasteiger partial charge on any atom is 0.234 e. The number of para-hydroxylation sites is 1. The normalized spacial score (nSPS) is 10.8. The molecule has 3 aromatic carbocycles. The van der Waals surface area contributed by atoms with E-state index in [1.807, 2.05) is 66.1 Å². The minimum atomic E-state index is -0.350. The van der Waals surface area contributed by atoms with Crippen molar-refractivity contribution in [2.75, 3.05) is 11.1 Å². The van der Waals surface area contributed by atoms with E-state index in [2.05, 4.69) is 15.5 Å². The van der Waals surface area contributed by atoms with Gasteiger partial charge < -0.3 is 5.32 Å². The first kappa shape index (κ1) is 20.8. The zero-order valence-corrected chi connectivity index (χ0v) is 18.0. The Morgan fingerprint density at radius 2 is 1.74 bits per heavy atom. The molecule has 0 saturated carbocycles. The molecule has 4 aromatic rings. The monoisotopic (exact) mass is 432 g/mol. The van der Waals surface area contributed by atoms with Gasteiger partial charge in [0.25, 0.3) is 0 Å². The SMILES string of the molecule is Cc1ccc(-c2nnc(SCC(=O)Nc3ccc(C)c(F)c3)n2-c2ccccc2)cc1. The summed E-state index contributed by atoms with van der Waals surface area (Å²) in [6.07, 6.45) is 0. The van der Waals surface area contributed by atoms with Gasteiger partial charge >= 0.3 is 0 Å². The van der Waals surface area contributed by atoms with E-state index < -0.39 is 0 Å². The van der Waals surface area contributed by atoms with Gasteiger partial charge in [-0.25, -0.2) is 4.39 Å². The molecule has 0 saturated heterocycles. The summed E-state index contributed by atoms with van der Waals surface area (Å²) in [5.74, 6) is 0.230. The third-order valence-electron chi connectivity index (χ3n) is 4.75. The van der Waals surface area contributed by atoms with Crippen molar-refractivity contribution < 1.29 is 9.18 Å². The molecule has 0 atom stereocenters. The van der Waals surface area contributed by atoms with E-state index >= 15 is 0 Å². The molecule has 1 aromatic heterocycles. The summed E-state index contributed by atoms with van der Waals surface area (Å²) in [5.41, 5.74) is 3.97. The van der Waals surface area contributed by atoms with Crippen molar-refractivity contribution in [1.29, 1.82) is 0 Å². The largest absolute Gasteiger partial charge is 0.325 e. The Labute approximate surface area is 184 Å². The molecule has 0 radical (unpaired) electrons. The lowest BCUT2D eigenvalue weighted by atomic mass is 10.1. The molecule has 0 aliphatic rings. The number of thioether (sulfide) groups is 1. The summed E-state index contributed by atoms with van der Waals surface area (Å²) >= 11 is 1.28. The Kier molecular flexibility index (Phi) is 6.13. The van der Waals surface area contributed by atoms with Gasteiger partial charge in [0.2, 0.25) is 5.91 Å². The molecule has 156 valence electrons. The Morgan fingerprint density at radius 1 is 1.00 bits per heavy atom. The van der Waals surface area contributed by atoms with Crippen LogP contribution in [0.4, 0.5) is 10.1 Å². The molecule has 0 aliphatic heterocycles. The van der Waals surface area contributed by atoms with Crippen LogP contribution in [0.3, 0.4) is 0 Å². The van der Waals surface area contributed by atoms with Crippen LogP contribution in [0.5, 0.6) is 0 Å². The van der Waals surface area contributed by atoms with Crippen molar-refractivity contribution >= 4 is 23.4 Å². The van der Waals surface area contributed by atoms with Crippen LogP contribution < -0.4 is 5.32 Å². The molecule has 0 bridgehead atoms. The van der Waals surface area contributed by atoms with Gasteiger partial charge in [-0.15, -0.1) is 10.2 Å². The molecule has 1 heterocycles. The van der Waals surface area contributed by atoms with E-state index in [4.69, 9.17) is 0 Å². The quantitative estimate of drug-likeness (QED) is 0.413. The van der Waals surface area contributed by atoms with E-state index in [1.165, 1.54) is 17.8 Å². The average molecular weight is 433 g/mol. The van der Waals surface area contributed by atoms with Gasteiger partial charge in [-0.1, -0.05) is 65.9 Å². The predicted molar refractivity (Wildman–Crippen MR) is 122 cm³/mol. The molecule has 7 heteroatoms. The van der Waals surface area contributed by atoms with Gasteiger partial charge in [-0.05, 0) is 43.7 Å². The third kappa shape index (κ3) is 4.83. The number of aromatic nitrogens is 3. The highest BCUT2D eigenvalue weighted by Crippen LogP contribution is 2.28. The standard InChI is InChI=1S/C24H21FN4OS/c1-16-8-11-18(12-9-16)23-27-28-24(29(23)20-6-4-3-5-7-20)31-15-22(30)26-19-13-10-17(2)21(25)14-19/h3-14H,15H2,1-2H3,(H,26,30). The Balaban J connectivity index is 1.57. The highest BCUT2D eigenvalue weighted by atomic mass is 32.2. The smallest absolute Gasteiger partial charge is 0.234 e. The zero-order chi connectivity index (χ0) is 21.8. The minimum Gasteiger partial charge on any atom is -0.325 e. The molecule has 1 N–H and O–H groups in total. The summed E-state index contributed by atoms with van der Waals surface area (Å²) in [6, 6.07) is 22.5. The summed E-state index contributed by atoms with van der Waals surface area (Å²) in [6.45, 7) is 3.71. The molecule has 31 heavy (non-hydrogen) atoms. The van der Waals surface area contributed by atoms with Crippen molar-refractivity contribution in [3.8, 4) is 17.1 Å². The molecule has 1 amide bonds. The number of benzene rings is 3. The maximum absolute atomic E-state index is 13.7. The van der Waals surface area contributed by atoms with Gasteiger partial charge in [0.15, 0.2) is 11.0 Å². The maximum atomic E-state index is 13.7. The lowest BCUT2D eigenvalue weighted by Crippen LogP contribution is -2.14. The fourth-order valence-electron chi connectivity index (χ4n) is 3.06. The number of nitrogens with zero attached hydrogens (tertiary/aromatic N) is 3. The second-order valence-corrected chi connectivity index (χ2v) is 8.09. The van der Waals surface area contributed by atoms with Crippen LogP contribution in [0.25, 0.3) is 17.1 Å². The number of carbonyl (C=O) groups is 1. The van der Waals surface area contributed by atoms with Gasteiger partial charge in [0.1, 0.15) is 5.82 Å². The fraction of sp³-hybridized carbons (Fsp3) is 0.125. The van der Waals surface area contributed by atoms with Crippen LogP contribution in [0, 0.1) is 19.7 Å². The van der Waals surface area contributed by atoms with E-state index in [0.717, 1.165) is 16.8 Å². The highest BCUT2D eigenvalue weighted by Gasteiger charge is 2.17. The van der Waals surface area contributed by atoms with Gasteiger partial charge in [-0.3, -0.25) is 9.36 Å². The van der Waals surface area contributed by atoms with Crippen molar-refractivity contribution in [2.45, 2.75) is 19.0 Å². The van der Waals surface area contributed by atoms with Crippen LogP contribution in [0.15, 0.2) is 78.0 Å². The second kappa shape index (κ2) is 9.14. The molecular weight excluding hydrogens is 411 g/mol. The number of hydrogen-bond acceptors (Lipinski definition) is 4. The number of anilines is 1. The van der Waals surface area contributed by atoms with Gasteiger partial charge in [-0.2, -0.15) is 0 Å². The van der Waals surface area contributed by atoms with E-state index in [-0.39, 0.29) is 17.5 Å². The van der Waals surface area contributed by atoms with Crippen molar-refractivity contribution in [2.24, 2.45) is 0 Å². The van der Waals surface area contributed by atoms with Crippen molar-refractivity contribution in [1.82, 2.24) is 14.8 Å². The molecule has 0 unspecified atom stereocenters. The van der Waals surface area contributed by atoms with E-state index in [9.17, 15) is 9.18 Å². The zero-order valence-electron chi connectivity index (χ0n) is 17.2. The van der Waals surface area contributed by atoms with Gasteiger partial charge in [0.05, 0.1) is 5.75 Å². The lowest BCUT2D eigenvalue weighted by Gasteiger charge is -2.11. The van der Waals surface area contributed by atoms with Crippen molar-refractivity contribution in [3.63, 3.8) is 0 Å². The second-order valence-electron chi connectivity index (χ2n) is 7.14.